The van der Waals surface area contributed by atoms with Gasteiger partial charge >= 0.3 is 0 Å². The lowest BCUT2D eigenvalue weighted by molar-refractivity contribution is 0.00706. The van der Waals surface area contributed by atoms with E-state index in [4.69, 9.17) is 37.4 Å². The number of hydrogen-bond acceptors (Lipinski definition) is 9. The van der Waals surface area contributed by atoms with Gasteiger partial charge in [0, 0.05) is 28.6 Å². The Morgan fingerprint density at radius 2 is 1.59 bits per heavy atom. The molecule has 2 aliphatic heterocycles. The third-order valence-electron chi connectivity index (χ3n) is 8.55. The van der Waals surface area contributed by atoms with Crippen LogP contribution >= 0.6 is 23.2 Å². The molecular weight excluding hydrogens is 695 g/mol. The van der Waals surface area contributed by atoms with E-state index in [9.17, 15) is 22.9 Å². The number of nitrogens with zero attached hydrogens (tertiary/aromatic N) is 2. The summed E-state index contributed by atoms with van der Waals surface area (Å²) in [6.45, 7) is 0.471. The van der Waals surface area contributed by atoms with Crippen molar-refractivity contribution in [2.24, 2.45) is 0 Å². The highest BCUT2D eigenvalue weighted by Crippen LogP contribution is 2.33. The fourth-order valence-electron chi connectivity index (χ4n) is 6.06. The number of ether oxygens (including phenoxy) is 3. The molecule has 12 nitrogen and oxygen atoms in total. The fourth-order valence-corrected chi connectivity index (χ4v) is 7.26. The summed E-state index contributed by atoms with van der Waals surface area (Å²) in [5.74, 6) is -1.60. The van der Waals surface area contributed by atoms with Crippen LogP contribution in [0.2, 0.25) is 10.0 Å². The zero-order valence-corrected chi connectivity index (χ0v) is 28.0. The first kappa shape index (κ1) is 33.4. The first-order chi connectivity index (χ1) is 23.5. The van der Waals surface area contributed by atoms with E-state index in [0.29, 0.717) is 38.0 Å². The summed E-state index contributed by atoms with van der Waals surface area (Å²) < 4.78 is 49.9. The Balaban J connectivity index is 1.01. The lowest BCUT2D eigenvalue weighted by Crippen LogP contribution is -2.34. The van der Waals surface area contributed by atoms with Gasteiger partial charge in [0.05, 0.1) is 35.2 Å². The number of carbonyl (C=O) groups excluding carboxylic acids is 1. The number of H-pyrrole nitrogens is 1. The number of aliphatic hydroxyl groups is 1. The van der Waals surface area contributed by atoms with Crippen LogP contribution in [0.4, 0.5) is 0 Å². The second kappa shape index (κ2) is 13.7. The summed E-state index contributed by atoms with van der Waals surface area (Å²) in [6.07, 6.45) is -1.88. The Labute approximate surface area is 291 Å². The predicted molar refractivity (Wildman–Crippen MR) is 183 cm³/mol. The highest BCUT2D eigenvalue weighted by Gasteiger charge is 2.48. The van der Waals surface area contributed by atoms with Gasteiger partial charge < -0.3 is 29.6 Å². The monoisotopic (exact) mass is 724 g/mol. The number of fused-ring (bicyclic) bond motifs is 2. The molecule has 2 aliphatic rings. The molecule has 3 aromatic carbocycles. The molecule has 0 spiro atoms. The minimum atomic E-state index is -4.29. The molecule has 0 aliphatic carbocycles. The van der Waals surface area contributed by atoms with Crippen molar-refractivity contribution in [2.45, 2.75) is 30.3 Å². The second-order valence-electron chi connectivity index (χ2n) is 11.9. The van der Waals surface area contributed by atoms with Gasteiger partial charge in [-0.15, -0.1) is 0 Å². The van der Waals surface area contributed by atoms with Gasteiger partial charge in [0.15, 0.2) is 11.8 Å². The summed E-state index contributed by atoms with van der Waals surface area (Å²) in [4.78, 5) is 25.2. The van der Waals surface area contributed by atoms with Crippen molar-refractivity contribution in [2.75, 3.05) is 25.5 Å². The lowest BCUT2D eigenvalue weighted by atomic mass is 10.00. The van der Waals surface area contributed by atoms with Crippen LogP contribution in [0, 0.1) is 0 Å². The molecule has 0 saturated carbocycles. The van der Waals surface area contributed by atoms with E-state index in [0.717, 1.165) is 16.7 Å². The number of aromatic amines is 1. The Hall–Kier alpha value is -4.08. The number of hydrogen-bond donors (Lipinski definition) is 4. The van der Waals surface area contributed by atoms with E-state index < -0.39 is 40.1 Å². The van der Waals surface area contributed by atoms with Gasteiger partial charge in [0.2, 0.25) is 0 Å². The normalized spacial score (nSPS) is 21.1. The molecule has 5 atom stereocenters. The number of amides is 1. The second-order valence-corrected chi connectivity index (χ2v) is 14.3. The molecule has 1 amide bonds. The zero-order valence-electron chi connectivity index (χ0n) is 25.6. The van der Waals surface area contributed by atoms with Crippen molar-refractivity contribution >= 4 is 50.4 Å². The SMILES string of the molecule is O=C(NCC(CS(=O)(=O)O)c1ccc(Cl)cc1)c1ccc(-c2ccc(-c3nc4nc(O[C@@H]5CO[C@H]6[C@@H]5OC[C@H]6O)[nH]c4cc3Cl)cc2)cc1. The standard InChI is InChI=1S/C34H30Cl2N4O8S/c35-24-11-9-20(10-12-24)23(17-49(43,44)45)14-37-33(42)22-7-3-19(4-8-22)18-1-5-21(6-2-18)29-25(36)13-26-32(39-29)40-34(38-26)48-28-16-47-30-27(41)15-46-31(28)30/h1-13,23,27-28,30-31,41H,14-17H2,(H,37,42)(H,38,39,40)(H,43,44,45)/t23?,27-,28-,30-,31-/m1/s1. The number of halogens is 2. The quantitative estimate of drug-likeness (QED) is 0.145. The minimum Gasteiger partial charge on any atom is -0.456 e. The van der Waals surface area contributed by atoms with Crippen molar-refractivity contribution in [3.05, 3.63) is 100 Å². The van der Waals surface area contributed by atoms with Crippen molar-refractivity contribution in [1.29, 1.82) is 0 Å². The van der Waals surface area contributed by atoms with Crippen LogP contribution in [0.1, 0.15) is 21.8 Å². The number of rotatable bonds is 10. The van der Waals surface area contributed by atoms with Gasteiger partial charge in [0.1, 0.15) is 18.3 Å². The molecule has 254 valence electrons. The number of pyridine rings is 1. The molecule has 15 heteroatoms. The number of nitrogens with one attached hydrogen (secondary N) is 2. The third-order valence-corrected chi connectivity index (χ3v) is 9.91. The maximum absolute atomic E-state index is 12.9. The highest BCUT2D eigenvalue weighted by molar-refractivity contribution is 7.85. The largest absolute Gasteiger partial charge is 0.456 e. The fraction of sp³-hybridized carbons (Fsp3) is 0.265. The first-order valence-electron chi connectivity index (χ1n) is 15.3. The Morgan fingerprint density at radius 3 is 2.29 bits per heavy atom. The Morgan fingerprint density at radius 1 is 0.939 bits per heavy atom. The molecule has 1 unspecified atom stereocenters. The summed E-state index contributed by atoms with van der Waals surface area (Å²) in [7, 11) is -4.29. The number of aromatic nitrogens is 3. The van der Waals surface area contributed by atoms with Crippen molar-refractivity contribution in [3.63, 3.8) is 0 Å². The van der Waals surface area contributed by atoms with Crippen LogP contribution in [0.25, 0.3) is 33.5 Å². The van der Waals surface area contributed by atoms with Crippen LogP contribution < -0.4 is 10.1 Å². The molecule has 4 heterocycles. The van der Waals surface area contributed by atoms with Crippen LogP contribution in [-0.2, 0) is 19.6 Å². The van der Waals surface area contributed by atoms with Gasteiger partial charge in [-0.3, -0.25) is 9.35 Å². The van der Waals surface area contributed by atoms with Crippen LogP contribution in [0.5, 0.6) is 6.01 Å². The highest BCUT2D eigenvalue weighted by atomic mass is 35.5. The molecule has 2 aromatic heterocycles. The van der Waals surface area contributed by atoms with Gasteiger partial charge in [-0.2, -0.15) is 13.4 Å². The molecule has 7 rings (SSSR count). The van der Waals surface area contributed by atoms with Gasteiger partial charge in [0.25, 0.3) is 22.0 Å². The molecule has 49 heavy (non-hydrogen) atoms. The summed E-state index contributed by atoms with van der Waals surface area (Å²) in [6, 6.07) is 23.2. The van der Waals surface area contributed by atoms with Crippen LogP contribution in [-0.4, -0.2) is 88.9 Å². The number of benzene rings is 3. The topological polar surface area (TPSA) is 173 Å². The average molecular weight is 726 g/mol. The van der Waals surface area contributed by atoms with Crippen LogP contribution in [0.3, 0.4) is 0 Å². The maximum atomic E-state index is 12.9. The van der Waals surface area contributed by atoms with E-state index in [1.54, 1.807) is 42.5 Å². The first-order valence-corrected chi connectivity index (χ1v) is 17.7. The van der Waals surface area contributed by atoms with E-state index in [-0.39, 0.29) is 37.8 Å². The molecule has 0 bridgehead atoms. The molecular formula is C34H30Cl2N4O8S. The Bertz CT molecular complexity index is 2090. The lowest BCUT2D eigenvalue weighted by Gasteiger charge is -2.17. The van der Waals surface area contributed by atoms with Crippen molar-refractivity contribution < 1.29 is 37.1 Å². The van der Waals surface area contributed by atoms with E-state index in [1.165, 1.54) is 0 Å². The van der Waals surface area contributed by atoms with Gasteiger partial charge in [-0.25, -0.2) is 4.98 Å². The summed E-state index contributed by atoms with van der Waals surface area (Å²) in [5.41, 5.74) is 5.13. The van der Waals surface area contributed by atoms with Crippen molar-refractivity contribution in [1.82, 2.24) is 20.3 Å². The molecule has 2 saturated heterocycles. The van der Waals surface area contributed by atoms with Gasteiger partial charge in [-0.05, 0) is 47.0 Å². The summed E-state index contributed by atoms with van der Waals surface area (Å²) in [5, 5.41) is 13.7. The minimum absolute atomic E-state index is 0.00516. The van der Waals surface area contributed by atoms with Crippen molar-refractivity contribution in [3.8, 4) is 28.4 Å². The average Bonchev–Trinajstić information content (AvgIpc) is 3.78. The Kier molecular flexibility index (Phi) is 9.33. The van der Waals surface area contributed by atoms with E-state index in [2.05, 4.69) is 20.3 Å². The number of imidazole rings is 1. The summed E-state index contributed by atoms with van der Waals surface area (Å²) >= 11 is 12.6. The molecule has 0 radical (unpaired) electrons. The molecule has 4 N–H and O–H groups in total. The maximum Gasteiger partial charge on any atom is 0.296 e. The van der Waals surface area contributed by atoms with E-state index >= 15 is 0 Å². The number of aliphatic hydroxyl groups excluding tert-OH is 1. The zero-order chi connectivity index (χ0) is 34.3. The molecule has 5 aromatic rings. The van der Waals surface area contributed by atoms with E-state index in [1.807, 2.05) is 36.4 Å². The van der Waals surface area contributed by atoms with Crippen LogP contribution in [0.15, 0.2) is 78.9 Å². The smallest absolute Gasteiger partial charge is 0.296 e. The van der Waals surface area contributed by atoms with Gasteiger partial charge in [-0.1, -0.05) is 71.7 Å². The number of carbonyl (C=O) groups is 1. The molecule has 2 fully saturated rings. The predicted octanol–water partition coefficient (Wildman–Crippen LogP) is 4.91. The third kappa shape index (κ3) is 7.43.